The van der Waals surface area contributed by atoms with Gasteiger partial charge in [0, 0.05) is 22.5 Å². The molecule has 2 rings (SSSR count). The third-order valence-corrected chi connectivity index (χ3v) is 4.41. The predicted molar refractivity (Wildman–Crippen MR) is 88.4 cm³/mol. The molecule has 0 fully saturated rings. The maximum Gasteiger partial charge on any atom is 0.125 e. The minimum atomic E-state index is 0.359. The van der Waals surface area contributed by atoms with Gasteiger partial charge in [0.2, 0.25) is 0 Å². The van der Waals surface area contributed by atoms with Crippen molar-refractivity contribution in [1.29, 1.82) is 0 Å². The maximum atomic E-state index is 6.20. The normalized spacial score (nSPS) is 21.4. The average Bonchev–Trinajstić information content (AvgIpc) is 2.44. The highest BCUT2D eigenvalue weighted by molar-refractivity contribution is 9.10. The van der Waals surface area contributed by atoms with Crippen molar-refractivity contribution >= 4 is 15.9 Å². The molecule has 0 bridgehead atoms. The van der Waals surface area contributed by atoms with Crippen LogP contribution in [0.3, 0.4) is 0 Å². The van der Waals surface area contributed by atoms with Gasteiger partial charge in [0.1, 0.15) is 11.9 Å². The molecule has 0 saturated carbocycles. The van der Waals surface area contributed by atoms with Gasteiger partial charge in [0.25, 0.3) is 0 Å². The van der Waals surface area contributed by atoms with Crippen molar-refractivity contribution in [2.75, 3.05) is 6.54 Å². The Balaban J connectivity index is 2.07. The molecule has 20 heavy (non-hydrogen) atoms. The fourth-order valence-electron chi connectivity index (χ4n) is 2.83. The number of nitrogens with one attached hydrogen (secondary N) is 1. The van der Waals surface area contributed by atoms with Gasteiger partial charge in [0.05, 0.1) is 0 Å². The Labute approximate surface area is 131 Å². The molecule has 2 atom stereocenters. The summed E-state index contributed by atoms with van der Waals surface area (Å²) in [6, 6.07) is 6.86. The van der Waals surface area contributed by atoms with Crippen LogP contribution in [-0.2, 0) is 0 Å². The molecule has 0 aliphatic carbocycles. The highest BCUT2D eigenvalue weighted by atomic mass is 79.9. The molecule has 1 aliphatic rings. The zero-order chi connectivity index (χ0) is 14.4. The molecule has 112 valence electrons. The van der Waals surface area contributed by atoms with Crippen LogP contribution in [0.5, 0.6) is 5.75 Å². The van der Waals surface area contributed by atoms with Crippen molar-refractivity contribution in [2.24, 2.45) is 0 Å². The molecule has 0 spiro atoms. The number of fused-ring (bicyclic) bond motifs is 1. The van der Waals surface area contributed by atoms with Crippen LogP contribution >= 0.6 is 15.9 Å². The van der Waals surface area contributed by atoms with Crippen LogP contribution in [0, 0.1) is 0 Å². The SMILES string of the molecule is CCCCCC1CC(NCCC)c2ccc(Br)cc2O1. The first-order valence-corrected chi connectivity index (χ1v) is 8.73. The van der Waals surface area contributed by atoms with Crippen LogP contribution in [-0.4, -0.2) is 12.6 Å². The van der Waals surface area contributed by atoms with Crippen LogP contribution in [0.4, 0.5) is 0 Å². The summed E-state index contributed by atoms with van der Waals surface area (Å²) in [6.45, 7) is 5.54. The van der Waals surface area contributed by atoms with E-state index in [2.05, 4.69) is 53.3 Å². The van der Waals surface area contributed by atoms with Crippen LogP contribution in [0.25, 0.3) is 0 Å². The summed E-state index contributed by atoms with van der Waals surface area (Å²) >= 11 is 3.55. The highest BCUT2D eigenvalue weighted by Gasteiger charge is 2.27. The molecule has 2 nitrogen and oxygen atoms in total. The molecule has 1 heterocycles. The number of rotatable bonds is 7. The standard InChI is InChI=1S/C17H26BrNO/c1-3-5-6-7-14-12-16(19-10-4-2)15-9-8-13(18)11-17(15)20-14/h8-9,11,14,16,19H,3-7,10,12H2,1-2H3. The van der Waals surface area contributed by atoms with Crippen LogP contribution in [0.2, 0.25) is 0 Å². The lowest BCUT2D eigenvalue weighted by atomic mass is 9.94. The quantitative estimate of drug-likeness (QED) is 0.687. The van der Waals surface area contributed by atoms with Gasteiger partial charge in [-0.3, -0.25) is 0 Å². The largest absolute Gasteiger partial charge is 0.490 e. The van der Waals surface area contributed by atoms with Crippen LogP contribution < -0.4 is 10.1 Å². The number of hydrogen-bond acceptors (Lipinski definition) is 2. The summed E-state index contributed by atoms with van der Waals surface area (Å²) in [7, 11) is 0. The van der Waals surface area contributed by atoms with Crippen molar-refractivity contribution in [1.82, 2.24) is 5.32 Å². The third kappa shape index (κ3) is 4.23. The summed E-state index contributed by atoms with van der Waals surface area (Å²) in [5, 5.41) is 3.67. The van der Waals surface area contributed by atoms with Crippen LogP contribution in [0.15, 0.2) is 22.7 Å². The molecule has 0 saturated heterocycles. The van der Waals surface area contributed by atoms with Crippen molar-refractivity contribution in [2.45, 2.75) is 64.5 Å². The third-order valence-electron chi connectivity index (χ3n) is 3.91. The van der Waals surface area contributed by atoms with E-state index in [-0.39, 0.29) is 0 Å². The Morgan fingerprint density at radius 1 is 1.25 bits per heavy atom. The summed E-state index contributed by atoms with van der Waals surface area (Å²) in [6.07, 6.45) is 7.64. The fraction of sp³-hybridized carbons (Fsp3) is 0.647. The van der Waals surface area contributed by atoms with E-state index in [1.54, 1.807) is 0 Å². The molecule has 0 aromatic heterocycles. The minimum Gasteiger partial charge on any atom is -0.490 e. The number of halogens is 1. The van der Waals surface area contributed by atoms with Gasteiger partial charge in [-0.05, 0) is 37.9 Å². The molecule has 1 aliphatic heterocycles. The molecule has 3 heteroatoms. The second-order valence-corrected chi connectivity index (χ2v) is 6.58. The van der Waals surface area contributed by atoms with Crippen molar-refractivity contribution in [3.05, 3.63) is 28.2 Å². The summed E-state index contributed by atoms with van der Waals surface area (Å²) in [4.78, 5) is 0. The predicted octanol–water partition coefficient (Wildman–Crippen LogP) is 5.22. The first kappa shape index (κ1) is 15.8. The Hall–Kier alpha value is -0.540. The van der Waals surface area contributed by atoms with E-state index in [9.17, 15) is 0 Å². The summed E-state index contributed by atoms with van der Waals surface area (Å²) in [5.41, 5.74) is 1.31. The Morgan fingerprint density at radius 2 is 2.10 bits per heavy atom. The maximum absolute atomic E-state index is 6.20. The lowest BCUT2D eigenvalue weighted by Gasteiger charge is -2.33. The summed E-state index contributed by atoms with van der Waals surface area (Å²) in [5.74, 6) is 1.06. The average molecular weight is 340 g/mol. The van der Waals surface area contributed by atoms with Gasteiger partial charge in [0.15, 0.2) is 0 Å². The zero-order valence-electron chi connectivity index (χ0n) is 12.6. The second-order valence-electron chi connectivity index (χ2n) is 5.66. The zero-order valence-corrected chi connectivity index (χ0v) is 14.2. The van der Waals surface area contributed by atoms with Crippen molar-refractivity contribution < 1.29 is 4.74 Å². The molecule has 1 aromatic rings. The lowest BCUT2D eigenvalue weighted by molar-refractivity contribution is 0.138. The molecule has 2 unspecified atom stereocenters. The molecule has 0 radical (unpaired) electrons. The van der Waals surface area contributed by atoms with Crippen molar-refractivity contribution in [3.63, 3.8) is 0 Å². The monoisotopic (exact) mass is 339 g/mol. The molecular weight excluding hydrogens is 314 g/mol. The van der Waals surface area contributed by atoms with Gasteiger partial charge < -0.3 is 10.1 Å². The Kier molecular flexibility index (Phi) is 6.37. The van der Waals surface area contributed by atoms with E-state index in [1.807, 2.05) is 0 Å². The van der Waals surface area contributed by atoms with Crippen LogP contribution in [0.1, 0.15) is 64.0 Å². The van der Waals surface area contributed by atoms with Gasteiger partial charge in [-0.1, -0.05) is 48.7 Å². The smallest absolute Gasteiger partial charge is 0.125 e. The van der Waals surface area contributed by atoms with Crippen molar-refractivity contribution in [3.8, 4) is 5.75 Å². The number of ether oxygens (including phenoxy) is 1. The van der Waals surface area contributed by atoms with Gasteiger partial charge in [-0.25, -0.2) is 0 Å². The van der Waals surface area contributed by atoms with E-state index >= 15 is 0 Å². The van der Waals surface area contributed by atoms with Gasteiger partial charge in [-0.2, -0.15) is 0 Å². The minimum absolute atomic E-state index is 0.359. The lowest BCUT2D eigenvalue weighted by Crippen LogP contribution is -2.33. The Bertz CT molecular complexity index is 421. The number of hydrogen-bond donors (Lipinski definition) is 1. The molecule has 1 aromatic carbocycles. The second kappa shape index (κ2) is 8.04. The highest BCUT2D eigenvalue weighted by Crippen LogP contribution is 2.37. The fourth-order valence-corrected chi connectivity index (χ4v) is 3.17. The number of unbranched alkanes of at least 4 members (excludes halogenated alkanes) is 2. The van der Waals surface area contributed by atoms with E-state index in [1.165, 1.54) is 37.7 Å². The van der Waals surface area contributed by atoms with E-state index < -0.39 is 0 Å². The first-order chi connectivity index (χ1) is 9.74. The van der Waals surface area contributed by atoms with E-state index in [4.69, 9.17) is 4.74 Å². The number of benzene rings is 1. The topological polar surface area (TPSA) is 21.3 Å². The van der Waals surface area contributed by atoms with E-state index in [0.29, 0.717) is 12.1 Å². The molecule has 1 N–H and O–H groups in total. The Morgan fingerprint density at radius 3 is 2.85 bits per heavy atom. The first-order valence-electron chi connectivity index (χ1n) is 7.94. The van der Waals surface area contributed by atoms with Gasteiger partial charge in [-0.15, -0.1) is 0 Å². The van der Waals surface area contributed by atoms with Gasteiger partial charge >= 0.3 is 0 Å². The molecular formula is C17H26BrNO. The summed E-state index contributed by atoms with van der Waals surface area (Å²) < 4.78 is 7.30. The molecule has 0 amide bonds. The van der Waals surface area contributed by atoms with E-state index in [0.717, 1.165) is 23.2 Å².